The van der Waals surface area contributed by atoms with E-state index in [2.05, 4.69) is 11.6 Å². The van der Waals surface area contributed by atoms with Gasteiger partial charge in [-0.1, -0.05) is 66.0 Å². The molecular weight excluding hydrogens is 568 g/mol. The standard InChI is InChI=1S/C33H28N2O7S/c1-4-15-41-32(40)30-20(3)34-33(43-30)35-27(23-9-6-10-24(36)17-23)26(29(38)31(35)39)28(37)22-11-13-25(14-12-22)42-18-21-8-5-7-19(2)16-21/h4-14,16-17,27,36-37H,1,15,18H2,2-3H3. The third-order valence-corrected chi connectivity index (χ3v) is 7.89. The number of aromatic hydroxyl groups is 1. The Morgan fingerprint density at radius 2 is 1.81 bits per heavy atom. The van der Waals surface area contributed by atoms with Crippen molar-refractivity contribution in [2.45, 2.75) is 26.5 Å². The molecule has 0 bridgehead atoms. The Bertz CT molecular complexity index is 1760. The number of Topliss-reactive ketones (excluding diaryl/α,β-unsaturated/α-hetero) is 1. The van der Waals surface area contributed by atoms with Gasteiger partial charge in [0.15, 0.2) is 5.13 Å². The first-order valence-corrected chi connectivity index (χ1v) is 14.1. The Labute approximate surface area is 252 Å². The Hall–Kier alpha value is -5.22. The number of rotatable bonds is 9. The van der Waals surface area contributed by atoms with Crippen LogP contribution in [0.1, 0.15) is 43.7 Å². The fraction of sp³-hybridized carbons (Fsp3) is 0.152. The van der Waals surface area contributed by atoms with Gasteiger partial charge in [-0.2, -0.15) is 0 Å². The van der Waals surface area contributed by atoms with Crippen LogP contribution < -0.4 is 9.64 Å². The number of carbonyl (C=O) groups excluding carboxylic acids is 3. The highest BCUT2D eigenvalue weighted by molar-refractivity contribution is 7.17. The summed E-state index contributed by atoms with van der Waals surface area (Å²) in [5.41, 5.74) is 2.90. The lowest BCUT2D eigenvalue weighted by molar-refractivity contribution is -0.132. The van der Waals surface area contributed by atoms with E-state index in [1.165, 1.54) is 18.2 Å². The van der Waals surface area contributed by atoms with E-state index >= 15 is 0 Å². The van der Waals surface area contributed by atoms with Crippen LogP contribution in [0.2, 0.25) is 0 Å². The molecule has 2 N–H and O–H groups in total. The zero-order chi connectivity index (χ0) is 30.7. The van der Waals surface area contributed by atoms with E-state index in [0.29, 0.717) is 23.6 Å². The summed E-state index contributed by atoms with van der Waals surface area (Å²) in [6.45, 7) is 7.47. The van der Waals surface area contributed by atoms with Crippen LogP contribution in [0.15, 0.2) is 91.0 Å². The molecule has 218 valence electrons. The molecular formula is C33H28N2O7S. The number of ketones is 1. The number of hydrogen-bond donors (Lipinski definition) is 2. The van der Waals surface area contributed by atoms with Gasteiger partial charge in [0, 0.05) is 5.56 Å². The van der Waals surface area contributed by atoms with Crippen LogP contribution in [0.3, 0.4) is 0 Å². The molecule has 43 heavy (non-hydrogen) atoms. The second-order valence-electron chi connectivity index (χ2n) is 9.86. The van der Waals surface area contributed by atoms with Crippen molar-refractivity contribution in [1.82, 2.24) is 4.98 Å². The number of thiazole rings is 1. The van der Waals surface area contributed by atoms with Gasteiger partial charge in [-0.3, -0.25) is 14.5 Å². The molecule has 10 heteroatoms. The molecule has 1 fully saturated rings. The number of phenols is 1. The van der Waals surface area contributed by atoms with Gasteiger partial charge in [-0.05, 0) is 61.4 Å². The van der Waals surface area contributed by atoms with E-state index in [9.17, 15) is 24.6 Å². The maximum absolute atomic E-state index is 13.5. The molecule has 9 nitrogen and oxygen atoms in total. The van der Waals surface area contributed by atoms with Gasteiger partial charge in [0.1, 0.15) is 35.3 Å². The molecule has 0 radical (unpaired) electrons. The summed E-state index contributed by atoms with van der Waals surface area (Å²) in [4.78, 5) is 45.2. The molecule has 5 rings (SSSR count). The molecule has 1 atom stereocenters. The molecule has 2 heterocycles. The van der Waals surface area contributed by atoms with Crippen LogP contribution in [0, 0.1) is 13.8 Å². The second kappa shape index (κ2) is 12.3. The summed E-state index contributed by atoms with van der Waals surface area (Å²) in [5.74, 6) is -2.46. The minimum Gasteiger partial charge on any atom is -0.508 e. The van der Waals surface area contributed by atoms with Crippen LogP contribution in [-0.4, -0.2) is 39.5 Å². The van der Waals surface area contributed by atoms with Gasteiger partial charge in [0.05, 0.1) is 17.3 Å². The second-order valence-corrected chi connectivity index (χ2v) is 10.8. The Balaban J connectivity index is 1.52. The number of amides is 1. The van der Waals surface area contributed by atoms with Gasteiger partial charge in [-0.25, -0.2) is 9.78 Å². The number of phenolic OH excluding ortho intramolecular Hbond substituents is 1. The highest BCUT2D eigenvalue weighted by Crippen LogP contribution is 2.44. The maximum Gasteiger partial charge on any atom is 0.350 e. The number of anilines is 1. The van der Waals surface area contributed by atoms with E-state index in [1.54, 1.807) is 43.3 Å². The number of aliphatic hydroxyl groups excluding tert-OH is 1. The normalized spacial score (nSPS) is 15.9. The predicted molar refractivity (Wildman–Crippen MR) is 162 cm³/mol. The van der Waals surface area contributed by atoms with Crippen molar-refractivity contribution in [3.8, 4) is 11.5 Å². The summed E-state index contributed by atoms with van der Waals surface area (Å²) in [6, 6.07) is 19.4. The monoisotopic (exact) mass is 596 g/mol. The van der Waals surface area contributed by atoms with Gasteiger partial charge in [0.25, 0.3) is 5.78 Å². The molecule has 1 saturated heterocycles. The average Bonchev–Trinajstić information content (AvgIpc) is 3.51. The van der Waals surface area contributed by atoms with Crippen molar-refractivity contribution in [3.05, 3.63) is 124 Å². The van der Waals surface area contributed by atoms with Crippen molar-refractivity contribution < 1.29 is 34.1 Å². The van der Waals surface area contributed by atoms with Gasteiger partial charge in [0.2, 0.25) is 0 Å². The Morgan fingerprint density at radius 3 is 2.51 bits per heavy atom. The zero-order valence-electron chi connectivity index (χ0n) is 23.4. The molecule has 1 amide bonds. The molecule has 0 aliphatic carbocycles. The number of aromatic nitrogens is 1. The van der Waals surface area contributed by atoms with Crippen LogP contribution >= 0.6 is 11.3 Å². The molecule has 1 aliphatic rings. The van der Waals surface area contributed by atoms with Crippen molar-refractivity contribution in [2.75, 3.05) is 11.5 Å². The SMILES string of the molecule is C=CCOC(=O)c1sc(N2C(=O)C(=O)C(=C(O)c3ccc(OCc4cccc(C)c4)cc3)C2c2cccc(O)c2)nc1C. The van der Waals surface area contributed by atoms with Gasteiger partial charge >= 0.3 is 11.9 Å². The molecule has 1 aliphatic heterocycles. The molecule has 4 aromatic rings. The third-order valence-electron chi connectivity index (χ3n) is 6.76. The highest BCUT2D eigenvalue weighted by Gasteiger charge is 2.48. The average molecular weight is 597 g/mol. The Morgan fingerprint density at radius 1 is 1.07 bits per heavy atom. The highest BCUT2D eigenvalue weighted by atomic mass is 32.1. The number of carbonyl (C=O) groups is 3. The Kier molecular flexibility index (Phi) is 8.40. The van der Waals surface area contributed by atoms with Crippen LogP contribution in [0.25, 0.3) is 5.76 Å². The van der Waals surface area contributed by atoms with Crippen LogP contribution in [0.5, 0.6) is 11.5 Å². The molecule has 3 aromatic carbocycles. The van der Waals surface area contributed by atoms with Crippen molar-refractivity contribution in [2.24, 2.45) is 0 Å². The van der Waals surface area contributed by atoms with Crippen molar-refractivity contribution >= 4 is 39.9 Å². The lowest BCUT2D eigenvalue weighted by atomic mass is 9.95. The fourth-order valence-corrected chi connectivity index (χ4v) is 5.74. The fourth-order valence-electron chi connectivity index (χ4n) is 4.75. The summed E-state index contributed by atoms with van der Waals surface area (Å²) in [7, 11) is 0. The predicted octanol–water partition coefficient (Wildman–Crippen LogP) is 6.01. The van der Waals surface area contributed by atoms with Gasteiger partial charge < -0.3 is 19.7 Å². The maximum atomic E-state index is 13.5. The van der Waals surface area contributed by atoms with E-state index < -0.39 is 29.5 Å². The van der Waals surface area contributed by atoms with Crippen molar-refractivity contribution in [3.63, 3.8) is 0 Å². The quantitative estimate of drug-likeness (QED) is 0.0791. The van der Waals surface area contributed by atoms with Gasteiger partial charge in [-0.15, -0.1) is 0 Å². The number of aliphatic hydroxyl groups is 1. The first kappa shape index (κ1) is 29.3. The third kappa shape index (κ3) is 6.05. The minimum atomic E-state index is -1.13. The number of esters is 1. The van der Waals surface area contributed by atoms with E-state index in [4.69, 9.17) is 9.47 Å². The van der Waals surface area contributed by atoms with Crippen LogP contribution in [-0.2, 0) is 20.9 Å². The lowest BCUT2D eigenvalue weighted by Crippen LogP contribution is -2.29. The summed E-state index contributed by atoms with van der Waals surface area (Å²) < 4.78 is 11.0. The molecule has 1 aromatic heterocycles. The first-order chi connectivity index (χ1) is 20.7. The minimum absolute atomic E-state index is 0.00489. The molecule has 0 spiro atoms. The summed E-state index contributed by atoms with van der Waals surface area (Å²) in [6.07, 6.45) is 1.43. The zero-order valence-corrected chi connectivity index (χ0v) is 24.3. The topological polar surface area (TPSA) is 126 Å². The smallest absolute Gasteiger partial charge is 0.350 e. The van der Waals surface area contributed by atoms with Crippen LogP contribution in [0.4, 0.5) is 5.13 Å². The number of hydrogen-bond acceptors (Lipinski definition) is 9. The van der Waals surface area contributed by atoms with E-state index in [0.717, 1.165) is 27.4 Å². The van der Waals surface area contributed by atoms with E-state index in [1.807, 2.05) is 31.2 Å². The lowest BCUT2D eigenvalue weighted by Gasteiger charge is -2.23. The van der Waals surface area contributed by atoms with E-state index in [-0.39, 0.29) is 33.5 Å². The number of nitrogens with zero attached hydrogens (tertiary/aromatic N) is 2. The summed E-state index contributed by atoms with van der Waals surface area (Å²) >= 11 is 0.889. The number of ether oxygens (including phenoxy) is 2. The van der Waals surface area contributed by atoms with Crippen molar-refractivity contribution in [1.29, 1.82) is 0 Å². The first-order valence-electron chi connectivity index (χ1n) is 13.3. The summed E-state index contributed by atoms with van der Waals surface area (Å²) in [5, 5.41) is 21.7. The largest absolute Gasteiger partial charge is 0.508 e. The number of aryl methyl sites for hydroxylation is 2. The molecule has 0 saturated carbocycles. The number of benzene rings is 3. The molecule has 1 unspecified atom stereocenters.